The second-order valence-corrected chi connectivity index (χ2v) is 9.90. The van der Waals surface area contributed by atoms with Crippen LogP contribution in [0.1, 0.15) is 31.6 Å². The number of carbonyl (C=O) groups excluding carboxylic acids is 1. The number of hydrogen-bond donors (Lipinski definition) is 0. The molecule has 0 atom stereocenters. The highest BCUT2D eigenvalue weighted by molar-refractivity contribution is 9.11. The lowest BCUT2D eigenvalue weighted by molar-refractivity contribution is 0.104. The quantitative estimate of drug-likeness (QED) is 0.223. The average molecular weight is 575 g/mol. The summed E-state index contributed by atoms with van der Waals surface area (Å²) in [5, 5.41) is 0. The summed E-state index contributed by atoms with van der Waals surface area (Å²) in [5.41, 5.74) is 0.744. The van der Waals surface area contributed by atoms with Crippen LogP contribution >= 0.6 is 59.1 Å². The molecule has 0 bridgehead atoms. The van der Waals surface area contributed by atoms with Crippen molar-refractivity contribution in [2.24, 2.45) is 0 Å². The van der Waals surface area contributed by atoms with Gasteiger partial charge in [-0.15, -0.1) is 11.3 Å². The maximum Gasteiger partial charge on any atom is 0.187 e. The van der Waals surface area contributed by atoms with Crippen LogP contribution in [0.15, 0.2) is 54.2 Å². The summed E-state index contributed by atoms with van der Waals surface area (Å²) in [5.74, 6) is 1.96. The molecule has 0 spiro atoms. The van der Waals surface area contributed by atoms with Crippen molar-refractivity contribution in [3.8, 4) is 5.75 Å². The zero-order valence-corrected chi connectivity index (χ0v) is 20.1. The molecule has 3 rings (SSSR count). The van der Waals surface area contributed by atoms with Crippen LogP contribution in [0.4, 0.5) is 0 Å². The van der Waals surface area contributed by atoms with Gasteiger partial charge in [-0.25, -0.2) is 0 Å². The van der Waals surface area contributed by atoms with Crippen LogP contribution in [0.3, 0.4) is 0 Å². The van der Waals surface area contributed by atoms with Crippen molar-refractivity contribution < 1.29 is 13.9 Å². The Hall–Kier alpha value is -1.15. The maximum absolute atomic E-state index is 12.3. The van der Waals surface area contributed by atoms with E-state index in [1.807, 2.05) is 44.2 Å². The third kappa shape index (κ3) is 5.22. The van der Waals surface area contributed by atoms with Crippen LogP contribution in [-0.4, -0.2) is 5.78 Å². The van der Waals surface area contributed by atoms with Crippen LogP contribution in [0.2, 0.25) is 0 Å². The number of halogens is 3. The molecule has 3 aromatic rings. The molecular formula is C20H15Br3O3S. The molecule has 27 heavy (non-hydrogen) atoms. The van der Waals surface area contributed by atoms with Gasteiger partial charge in [-0.05, 0) is 88.2 Å². The fraction of sp³-hybridized carbons (Fsp3) is 0.150. The van der Waals surface area contributed by atoms with E-state index in [2.05, 4.69) is 47.8 Å². The predicted octanol–water partition coefficient (Wildman–Crippen LogP) is 7.72. The van der Waals surface area contributed by atoms with Gasteiger partial charge >= 0.3 is 0 Å². The Bertz CT molecular complexity index is 994. The lowest BCUT2D eigenvalue weighted by Crippen LogP contribution is -1.95. The van der Waals surface area contributed by atoms with Gasteiger partial charge in [0.15, 0.2) is 5.78 Å². The molecule has 140 valence electrons. The minimum atomic E-state index is -0.0197. The van der Waals surface area contributed by atoms with Crippen molar-refractivity contribution in [1.29, 1.82) is 0 Å². The molecule has 0 aliphatic rings. The Kier molecular flexibility index (Phi) is 6.78. The molecule has 0 radical (unpaired) electrons. The van der Waals surface area contributed by atoms with E-state index in [4.69, 9.17) is 9.15 Å². The van der Waals surface area contributed by atoms with E-state index in [0.29, 0.717) is 17.3 Å². The van der Waals surface area contributed by atoms with Gasteiger partial charge in [-0.2, -0.15) is 0 Å². The van der Waals surface area contributed by atoms with E-state index in [-0.39, 0.29) is 12.4 Å². The van der Waals surface area contributed by atoms with E-state index in [1.54, 1.807) is 23.5 Å². The van der Waals surface area contributed by atoms with Gasteiger partial charge in [-0.1, -0.05) is 15.9 Å². The van der Waals surface area contributed by atoms with Crippen molar-refractivity contribution in [2.75, 3.05) is 0 Å². The lowest BCUT2D eigenvalue weighted by atomic mass is 10.1. The molecule has 0 aliphatic heterocycles. The van der Waals surface area contributed by atoms with E-state index in [0.717, 1.165) is 28.7 Å². The predicted molar refractivity (Wildman–Crippen MR) is 120 cm³/mol. The van der Waals surface area contributed by atoms with Crippen molar-refractivity contribution in [3.05, 3.63) is 76.7 Å². The minimum Gasteiger partial charge on any atom is -0.483 e. The second kappa shape index (κ2) is 8.90. The molecule has 0 aliphatic carbocycles. The van der Waals surface area contributed by atoms with Crippen LogP contribution < -0.4 is 4.74 Å². The highest BCUT2D eigenvalue weighted by Gasteiger charge is 2.11. The Morgan fingerprint density at radius 3 is 2.48 bits per heavy atom. The number of furan rings is 1. The van der Waals surface area contributed by atoms with Gasteiger partial charge in [-0.3, -0.25) is 4.79 Å². The molecule has 1 aromatic carbocycles. The number of aryl methyl sites for hydroxylation is 2. The average Bonchev–Trinajstić information content (AvgIpc) is 3.17. The van der Waals surface area contributed by atoms with E-state index >= 15 is 0 Å². The topological polar surface area (TPSA) is 39.4 Å². The molecule has 0 fully saturated rings. The van der Waals surface area contributed by atoms with Crippen molar-refractivity contribution >= 4 is 71.0 Å². The first-order valence-electron chi connectivity index (χ1n) is 7.99. The molecule has 0 unspecified atom stereocenters. The molecular weight excluding hydrogens is 560 g/mol. The van der Waals surface area contributed by atoms with Crippen molar-refractivity contribution in [1.82, 2.24) is 0 Å². The van der Waals surface area contributed by atoms with Crippen LogP contribution in [-0.2, 0) is 6.61 Å². The fourth-order valence-electron chi connectivity index (χ4n) is 2.49. The van der Waals surface area contributed by atoms with Crippen molar-refractivity contribution in [2.45, 2.75) is 20.5 Å². The smallest absolute Gasteiger partial charge is 0.187 e. The molecule has 0 N–H and O–H groups in total. The second-order valence-electron chi connectivity index (χ2n) is 5.82. The first-order chi connectivity index (χ1) is 12.8. The summed E-state index contributed by atoms with van der Waals surface area (Å²) in [6.07, 6.45) is 3.23. The third-order valence-corrected chi connectivity index (χ3v) is 6.31. The highest BCUT2D eigenvalue weighted by Crippen LogP contribution is 2.37. The summed E-state index contributed by atoms with van der Waals surface area (Å²) < 4.78 is 14.2. The fourth-order valence-corrected chi connectivity index (χ4v) is 5.91. The Morgan fingerprint density at radius 2 is 1.85 bits per heavy atom. The third-order valence-electron chi connectivity index (χ3n) is 3.71. The number of thiophene rings is 1. The summed E-state index contributed by atoms with van der Waals surface area (Å²) in [4.78, 5) is 14.5. The maximum atomic E-state index is 12.3. The molecule has 0 amide bonds. The van der Waals surface area contributed by atoms with Gasteiger partial charge in [0.1, 0.15) is 23.9 Å². The summed E-state index contributed by atoms with van der Waals surface area (Å²) in [7, 11) is 0. The largest absolute Gasteiger partial charge is 0.483 e. The molecule has 7 heteroatoms. The standard InChI is InChI=1S/C20H15Br3O3S/c1-11-7-16(12(2)27-11)19(24)6-5-14-3-4-15(26-14)10-25-20-17(22)8-13(21)9-18(20)23/h3-9H,10H2,1-2H3/b6-5+. The number of benzene rings is 1. The highest BCUT2D eigenvalue weighted by atomic mass is 79.9. The van der Waals surface area contributed by atoms with Gasteiger partial charge in [0.2, 0.25) is 0 Å². The van der Waals surface area contributed by atoms with Crippen molar-refractivity contribution in [3.63, 3.8) is 0 Å². The molecule has 0 saturated heterocycles. The number of ether oxygens (including phenoxy) is 1. The lowest BCUT2D eigenvalue weighted by Gasteiger charge is -2.09. The Labute approximate surface area is 186 Å². The molecule has 0 saturated carbocycles. The van der Waals surface area contributed by atoms with E-state index < -0.39 is 0 Å². The van der Waals surface area contributed by atoms with E-state index in [1.165, 1.54) is 0 Å². The van der Waals surface area contributed by atoms with Crippen LogP contribution in [0, 0.1) is 13.8 Å². The Balaban J connectivity index is 1.65. The molecule has 3 nitrogen and oxygen atoms in total. The number of carbonyl (C=O) groups is 1. The summed E-state index contributed by atoms with van der Waals surface area (Å²) in [6, 6.07) is 9.40. The van der Waals surface area contributed by atoms with Gasteiger partial charge in [0, 0.05) is 19.8 Å². The summed E-state index contributed by atoms with van der Waals surface area (Å²) in [6.45, 7) is 4.24. The monoisotopic (exact) mass is 572 g/mol. The molecule has 2 aromatic heterocycles. The normalized spacial score (nSPS) is 11.3. The zero-order chi connectivity index (χ0) is 19.6. The molecule has 2 heterocycles. The SMILES string of the molecule is Cc1cc(C(=O)/C=C/c2ccc(COc3c(Br)cc(Br)cc3Br)o2)c(C)s1. The van der Waals surface area contributed by atoms with Gasteiger partial charge < -0.3 is 9.15 Å². The van der Waals surface area contributed by atoms with Gasteiger partial charge in [0.25, 0.3) is 0 Å². The number of hydrogen-bond acceptors (Lipinski definition) is 4. The van der Waals surface area contributed by atoms with Crippen LogP contribution in [0.25, 0.3) is 6.08 Å². The first kappa shape index (κ1) is 20.6. The van der Waals surface area contributed by atoms with E-state index in [9.17, 15) is 4.79 Å². The summed E-state index contributed by atoms with van der Waals surface area (Å²) >= 11 is 12.0. The number of rotatable bonds is 6. The van der Waals surface area contributed by atoms with Crippen LogP contribution in [0.5, 0.6) is 5.75 Å². The number of ketones is 1. The number of allylic oxidation sites excluding steroid dienone is 1. The zero-order valence-electron chi connectivity index (χ0n) is 14.5. The Morgan fingerprint density at radius 1 is 1.15 bits per heavy atom. The minimum absolute atomic E-state index is 0.0197. The van der Waals surface area contributed by atoms with Gasteiger partial charge in [0.05, 0.1) is 8.95 Å². The first-order valence-corrected chi connectivity index (χ1v) is 11.2.